The highest BCUT2D eigenvalue weighted by Crippen LogP contribution is 2.32. The third-order valence-electron chi connectivity index (χ3n) is 3.61. The summed E-state index contributed by atoms with van der Waals surface area (Å²) in [7, 11) is 1.92. The molecule has 0 aliphatic carbocycles. The van der Waals surface area contributed by atoms with Crippen LogP contribution in [0.4, 0.5) is 10.1 Å². The van der Waals surface area contributed by atoms with E-state index in [1.54, 1.807) is 12.1 Å². The van der Waals surface area contributed by atoms with Gasteiger partial charge in [-0.1, -0.05) is 35.9 Å². The lowest BCUT2D eigenvalue weighted by atomic mass is 10.0. The van der Waals surface area contributed by atoms with Crippen LogP contribution in [-0.4, -0.2) is 7.05 Å². The Labute approximate surface area is 124 Å². The standard InChI is InChI=1S/C16H18ClFN2/c1-11(12-6-3-4-8-15(12)18)20(2)16-9-5-7-14(17)13(16)10-19/h3-9,11H,10,19H2,1-2H3. The van der Waals surface area contributed by atoms with Crippen molar-refractivity contribution in [3.63, 3.8) is 0 Å². The predicted molar refractivity (Wildman–Crippen MR) is 82.6 cm³/mol. The Bertz CT molecular complexity index is 601. The molecule has 0 aromatic heterocycles. The fourth-order valence-electron chi connectivity index (χ4n) is 2.31. The maximum atomic E-state index is 13.9. The Morgan fingerprint density at radius 2 is 1.90 bits per heavy atom. The minimum Gasteiger partial charge on any atom is -0.367 e. The number of nitrogens with zero attached hydrogens (tertiary/aromatic N) is 1. The molecule has 0 fully saturated rings. The lowest BCUT2D eigenvalue weighted by Gasteiger charge is -2.29. The highest BCUT2D eigenvalue weighted by molar-refractivity contribution is 6.31. The summed E-state index contributed by atoms with van der Waals surface area (Å²) < 4.78 is 13.9. The Morgan fingerprint density at radius 1 is 1.20 bits per heavy atom. The summed E-state index contributed by atoms with van der Waals surface area (Å²) in [5.74, 6) is -0.205. The van der Waals surface area contributed by atoms with Crippen LogP contribution in [0.2, 0.25) is 5.02 Å². The number of halogens is 2. The van der Waals surface area contributed by atoms with Crippen LogP contribution in [0.15, 0.2) is 42.5 Å². The van der Waals surface area contributed by atoms with Gasteiger partial charge >= 0.3 is 0 Å². The number of benzene rings is 2. The van der Waals surface area contributed by atoms with E-state index >= 15 is 0 Å². The SMILES string of the molecule is CC(c1ccccc1F)N(C)c1cccc(Cl)c1CN. The summed E-state index contributed by atoms with van der Waals surface area (Å²) in [6.45, 7) is 2.31. The monoisotopic (exact) mass is 292 g/mol. The first-order valence-electron chi connectivity index (χ1n) is 6.51. The van der Waals surface area contributed by atoms with Crippen molar-refractivity contribution in [2.24, 2.45) is 5.73 Å². The van der Waals surface area contributed by atoms with Crippen LogP contribution < -0.4 is 10.6 Å². The molecular formula is C16H18ClFN2. The molecule has 2 nitrogen and oxygen atoms in total. The summed E-state index contributed by atoms with van der Waals surface area (Å²) >= 11 is 6.17. The maximum Gasteiger partial charge on any atom is 0.128 e. The molecule has 2 aromatic carbocycles. The van der Waals surface area contributed by atoms with Gasteiger partial charge in [-0.15, -0.1) is 0 Å². The van der Waals surface area contributed by atoms with Crippen LogP contribution >= 0.6 is 11.6 Å². The molecule has 106 valence electrons. The second kappa shape index (κ2) is 6.25. The summed E-state index contributed by atoms with van der Waals surface area (Å²) in [4.78, 5) is 1.99. The Balaban J connectivity index is 2.39. The number of hydrogen-bond acceptors (Lipinski definition) is 2. The Hall–Kier alpha value is -1.58. The van der Waals surface area contributed by atoms with Gasteiger partial charge in [0.2, 0.25) is 0 Å². The number of rotatable bonds is 4. The zero-order chi connectivity index (χ0) is 14.7. The van der Waals surface area contributed by atoms with Crippen LogP contribution in [0.5, 0.6) is 0 Å². The molecular weight excluding hydrogens is 275 g/mol. The molecule has 0 amide bonds. The first kappa shape index (κ1) is 14.8. The van der Waals surface area contributed by atoms with Gasteiger partial charge in [-0.05, 0) is 25.1 Å². The van der Waals surface area contributed by atoms with Crippen molar-refractivity contribution >= 4 is 17.3 Å². The van der Waals surface area contributed by atoms with Crippen LogP contribution in [-0.2, 0) is 6.54 Å². The van der Waals surface area contributed by atoms with Crippen molar-refractivity contribution in [3.8, 4) is 0 Å². The van der Waals surface area contributed by atoms with E-state index < -0.39 is 0 Å². The summed E-state index contributed by atoms with van der Waals surface area (Å²) in [5, 5.41) is 0.637. The van der Waals surface area contributed by atoms with Crippen molar-refractivity contribution in [1.82, 2.24) is 0 Å². The minimum absolute atomic E-state index is 0.111. The molecule has 0 bridgehead atoms. The van der Waals surface area contributed by atoms with E-state index in [1.165, 1.54) is 6.07 Å². The van der Waals surface area contributed by atoms with Gasteiger partial charge in [-0.25, -0.2) is 4.39 Å². The zero-order valence-corrected chi connectivity index (χ0v) is 12.4. The first-order valence-corrected chi connectivity index (χ1v) is 6.88. The van der Waals surface area contributed by atoms with Gasteiger partial charge < -0.3 is 10.6 Å². The normalized spacial score (nSPS) is 12.2. The van der Waals surface area contributed by atoms with Crippen molar-refractivity contribution in [3.05, 3.63) is 64.4 Å². The number of nitrogens with two attached hydrogens (primary N) is 1. The smallest absolute Gasteiger partial charge is 0.128 e. The molecule has 0 spiro atoms. The van der Waals surface area contributed by atoms with Gasteiger partial charge in [0.1, 0.15) is 5.82 Å². The fourth-order valence-corrected chi connectivity index (χ4v) is 2.56. The highest BCUT2D eigenvalue weighted by Gasteiger charge is 2.18. The molecule has 1 atom stereocenters. The van der Waals surface area contributed by atoms with E-state index in [0.29, 0.717) is 17.1 Å². The molecule has 0 aliphatic heterocycles. The quantitative estimate of drug-likeness (QED) is 0.918. The fraction of sp³-hybridized carbons (Fsp3) is 0.250. The van der Waals surface area contributed by atoms with Crippen molar-refractivity contribution in [2.75, 3.05) is 11.9 Å². The second-order valence-corrected chi connectivity index (χ2v) is 5.16. The molecule has 1 unspecified atom stereocenters. The molecule has 0 saturated heterocycles. The average Bonchev–Trinajstić information content (AvgIpc) is 2.46. The summed E-state index contributed by atoms with van der Waals surface area (Å²) in [6, 6.07) is 12.3. The molecule has 4 heteroatoms. The predicted octanol–water partition coefficient (Wildman–Crippen LogP) is 4.14. The van der Waals surface area contributed by atoms with Crippen LogP contribution in [0.25, 0.3) is 0 Å². The second-order valence-electron chi connectivity index (χ2n) is 4.75. The third-order valence-corrected chi connectivity index (χ3v) is 3.97. The van der Waals surface area contributed by atoms with E-state index in [9.17, 15) is 4.39 Å². The van der Waals surface area contributed by atoms with E-state index in [1.807, 2.05) is 43.1 Å². The van der Waals surface area contributed by atoms with Gasteiger partial charge in [0.25, 0.3) is 0 Å². The summed E-state index contributed by atoms with van der Waals surface area (Å²) in [5.41, 5.74) is 8.23. The molecule has 2 N–H and O–H groups in total. The van der Waals surface area contributed by atoms with Gasteiger partial charge in [0.05, 0.1) is 6.04 Å². The maximum absolute atomic E-state index is 13.9. The van der Waals surface area contributed by atoms with Crippen LogP contribution in [0.3, 0.4) is 0 Å². The topological polar surface area (TPSA) is 29.3 Å². The first-order chi connectivity index (χ1) is 9.56. The molecule has 0 heterocycles. The average molecular weight is 293 g/mol. The molecule has 2 aromatic rings. The van der Waals surface area contributed by atoms with E-state index in [-0.39, 0.29) is 11.9 Å². The molecule has 0 aliphatic rings. The highest BCUT2D eigenvalue weighted by atomic mass is 35.5. The number of anilines is 1. The molecule has 0 saturated carbocycles. The molecule has 2 rings (SSSR count). The van der Waals surface area contributed by atoms with E-state index in [2.05, 4.69) is 0 Å². The lowest BCUT2D eigenvalue weighted by molar-refractivity contribution is 0.585. The minimum atomic E-state index is -0.205. The number of hydrogen-bond donors (Lipinski definition) is 1. The third kappa shape index (κ3) is 2.79. The zero-order valence-electron chi connectivity index (χ0n) is 11.6. The Kier molecular flexibility index (Phi) is 4.63. The van der Waals surface area contributed by atoms with Crippen molar-refractivity contribution < 1.29 is 4.39 Å². The van der Waals surface area contributed by atoms with Crippen LogP contribution in [0.1, 0.15) is 24.1 Å². The molecule has 0 radical (unpaired) electrons. The largest absolute Gasteiger partial charge is 0.367 e. The molecule has 20 heavy (non-hydrogen) atoms. The summed E-state index contributed by atoms with van der Waals surface area (Å²) in [6.07, 6.45) is 0. The lowest BCUT2D eigenvalue weighted by Crippen LogP contribution is -2.24. The Morgan fingerprint density at radius 3 is 2.55 bits per heavy atom. The van der Waals surface area contributed by atoms with E-state index in [0.717, 1.165) is 11.3 Å². The van der Waals surface area contributed by atoms with Crippen molar-refractivity contribution in [1.29, 1.82) is 0 Å². The van der Waals surface area contributed by atoms with Gasteiger partial charge in [0, 0.05) is 35.4 Å². The van der Waals surface area contributed by atoms with E-state index in [4.69, 9.17) is 17.3 Å². The van der Waals surface area contributed by atoms with Gasteiger partial charge in [0.15, 0.2) is 0 Å². The van der Waals surface area contributed by atoms with Crippen molar-refractivity contribution in [2.45, 2.75) is 19.5 Å². The van der Waals surface area contributed by atoms with Crippen LogP contribution in [0, 0.1) is 5.82 Å². The van der Waals surface area contributed by atoms with Gasteiger partial charge in [-0.2, -0.15) is 0 Å². The van der Waals surface area contributed by atoms with Gasteiger partial charge in [-0.3, -0.25) is 0 Å².